The minimum atomic E-state index is -0.114. The van der Waals surface area contributed by atoms with E-state index in [0.717, 1.165) is 22.2 Å². The number of amidine groups is 1. The van der Waals surface area contributed by atoms with Gasteiger partial charge in [-0.3, -0.25) is 10.1 Å². The summed E-state index contributed by atoms with van der Waals surface area (Å²) in [5.41, 5.74) is 2.30. The maximum atomic E-state index is 11.4. The molecule has 0 aliphatic heterocycles. The lowest BCUT2D eigenvalue weighted by Crippen LogP contribution is -2.12. The number of aromatic nitrogens is 1. The zero-order valence-electron chi connectivity index (χ0n) is 10.5. The molecule has 0 aliphatic rings. The van der Waals surface area contributed by atoms with Gasteiger partial charge in [-0.05, 0) is 36.9 Å². The van der Waals surface area contributed by atoms with Crippen molar-refractivity contribution in [3.8, 4) is 6.19 Å². The monoisotopic (exact) mass is 272 g/mol. The first-order valence-corrected chi connectivity index (χ1v) is 6.78. The second-order valence-electron chi connectivity index (χ2n) is 3.90. The number of fused-ring (bicyclic) bond motifs is 1. The Morgan fingerprint density at radius 2 is 2.26 bits per heavy atom. The molecule has 96 valence electrons. The van der Waals surface area contributed by atoms with Crippen molar-refractivity contribution in [3.05, 3.63) is 40.2 Å². The Morgan fingerprint density at radius 3 is 2.95 bits per heavy atom. The number of rotatable bonds is 1. The van der Waals surface area contributed by atoms with Gasteiger partial charge in [0.2, 0.25) is 5.56 Å². The minimum Gasteiger partial charge on any atom is -0.322 e. The highest BCUT2D eigenvalue weighted by Crippen LogP contribution is 2.22. The van der Waals surface area contributed by atoms with Gasteiger partial charge in [0.25, 0.3) is 0 Å². The highest BCUT2D eigenvalue weighted by atomic mass is 32.2. The van der Waals surface area contributed by atoms with Crippen LogP contribution in [0, 0.1) is 18.4 Å². The predicted molar refractivity (Wildman–Crippen MR) is 78.7 cm³/mol. The molecule has 0 fully saturated rings. The lowest BCUT2D eigenvalue weighted by Gasteiger charge is -2.04. The van der Waals surface area contributed by atoms with Crippen molar-refractivity contribution in [1.82, 2.24) is 10.3 Å². The van der Waals surface area contributed by atoms with Gasteiger partial charge in [-0.15, -0.1) is 0 Å². The Labute approximate surface area is 114 Å². The van der Waals surface area contributed by atoms with E-state index in [2.05, 4.69) is 15.3 Å². The first-order chi connectivity index (χ1) is 9.13. The Morgan fingerprint density at radius 1 is 1.47 bits per heavy atom. The number of hydrogen-bond acceptors (Lipinski definition) is 4. The van der Waals surface area contributed by atoms with Crippen molar-refractivity contribution in [2.75, 3.05) is 6.26 Å². The SMILES string of the molecule is CSC(=Nc1ccc2[nH]c(=O)cc(C)c2c1)NC#N. The molecule has 2 rings (SSSR count). The average molecular weight is 272 g/mol. The Kier molecular flexibility index (Phi) is 3.88. The van der Waals surface area contributed by atoms with Gasteiger partial charge in [-0.1, -0.05) is 11.8 Å². The molecule has 0 saturated carbocycles. The summed E-state index contributed by atoms with van der Waals surface area (Å²) in [6, 6.07) is 7.05. The van der Waals surface area contributed by atoms with Gasteiger partial charge in [0.1, 0.15) is 0 Å². The summed E-state index contributed by atoms with van der Waals surface area (Å²) >= 11 is 1.36. The van der Waals surface area contributed by atoms with E-state index in [1.54, 1.807) is 12.1 Å². The molecule has 1 aromatic heterocycles. The summed E-state index contributed by atoms with van der Waals surface area (Å²) in [5, 5.41) is 12.6. The summed E-state index contributed by atoms with van der Waals surface area (Å²) in [7, 11) is 0. The lowest BCUT2D eigenvalue weighted by atomic mass is 10.1. The molecule has 0 amide bonds. The van der Waals surface area contributed by atoms with Crippen molar-refractivity contribution < 1.29 is 0 Å². The summed E-state index contributed by atoms with van der Waals surface area (Å²) in [6.45, 7) is 1.88. The zero-order chi connectivity index (χ0) is 13.8. The van der Waals surface area contributed by atoms with Crippen LogP contribution >= 0.6 is 11.8 Å². The van der Waals surface area contributed by atoms with Gasteiger partial charge in [0.05, 0.1) is 5.69 Å². The molecule has 19 heavy (non-hydrogen) atoms. The molecule has 0 radical (unpaired) electrons. The van der Waals surface area contributed by atoms with E-state index in [9.17, 15) is 4.79 Å². The molecule has 2 N–H and O–H groups in total. The summed E-state index contributed by atoms with van der Waals surface area (Å²) in [5.74, 6) is 0. The molecule has 0 atom stereocenters. The molecule has 0 bridgehead atoms. The molecule has 0 spiro atoms. The van der Waals surface area contributed by atoms with Crippen molar-refractivity contribution in [1.29, 1.82) is 5.26 Å². The van der Waals surface area contributed by atoms with Crippen LogP contribution in [-0.2, 0) is 0 Å². The van der Waals surface area contributed by atoms with Gasteiger partial charge in [0, 0.05) is 17.0 Å². The fourth-order valence-electron chi connectivity index (χ4n) is 1.77. The number of aliphatic imine (C=N–C) groups is 1. The molecule has 0 aliphatic carbocycles. The van der Waals surface area contributed by atoms with E-state index in [-0.39, 0.29) is 5.56 Å². The van der Waals surface area contributed by atoms with Crippen LogP contribution in [0.5, 0.6) is 0 Å². The molecule has 1 aromatic carbocycles. The Balaban J connectivity index is 2.53. The average Bonchev–Trinajstić information content (AvgIpc) is 2.38. The zero-order valence-corrected chi connectivity index (χ0v) is 11.3. The van der Waals surface area contributed by atoms with Crippen LogP contribution < -0.4 is 10.9 Å². The van der Waals surface area contributed by atoms with Crippen LogP contribution in [0.4, 0.5) is 5.69 Å². The number of thioether (sulfide) groups is 1. The fraction of sp³-hybridized carbons (Fsp3) is 0.154. The first-order valence-electron chi connectivity index (χ1n) is 5.55. The molecular formula is C13H12N4OS. The van der Waals surface area contributed by atoms with E-state index < -0.39 is 0 Å². The highest BCUT2D eigenvalue weighted by Gasteiger charge is 2.02. The standard InChI is InChI=1S/C13H12N4OS/c1-8-5-12(18)17-11-4-3-9(6-10(8)11)16-13(19-2)15-7-14/h3-6H,1-2H3,(H,15,16)(H,17,18). The second-order valence-corrected chi connectivity index (χ2v) is 4.70. The van der Waals surface area contributed by atoms with E-state index in [1.807, 2.05) is 31.5 Å². The van der Waals surface area contributed by atoms with Crippen LogP contribution in [0.2, 0.25) is 0 Å². The van der Waals surface area contributed by atoms with Gasteiger partial charge in [0.15, 0.2) is 11.4 Å². The summed E-state index contributed by atoms with van der Waals surface area (Å²) in [6.07, 6.45) is 3.69. The van der Waals surface area contributed by atoms with E-state index in [1.165, 1.54) is 11.8 Å². The number of nitrogens with zero attached hydrogens (tertiary/aromatic N) is 2. The number of H-pyrrole nitrogens is 1. The number of hydrogen-bond donors (Lipinski definition) is 2. The molecule has 2 aromatic rings. The van der Waals surface area contributed by atoms with Crippen molar-refractivity contribution >= 4 is 33.5 Å². The molecule has 1 heterocycles. The van der Waals surface area contributed by atoms with Gasteiger partial charge in [-0.2, -0.15) is 5.26 Å². The van der Waals surface area contributed by atoms with Gasteiger partial charge in [-0.25, -0.2) is 4.99 Å². The number of aromatic amines is 1. The van der Waals surface area contributed by atoms with Crippen LogP contribution in [0.3, 0.4) is 0 Å². The van der Waals surface area contributed by atoms with E-state index in [0.29, 0.717) is 5.17 Å². The quantitative estimate of drug-likeness (QED) is 0.361. The smallest absolute Gasteiger partial charge is 0.248 e. The van der Waals surface area contributed by atoms with Crippen LogP contribution in [0.25, 0.3) is 10.9 Å². The third kappa shape index (κ3) is 2.95. The number of benzene rings is 1. The van der Waals surface area contributed by atoms with Crippen LogP contribution in [0.1, 0.15) is 5.56 Å². The fourth-order valence-corrected chi connectivity index (χ4v) is 2.11. The van der Waals surface area contributed by atoms with Crippen LogP contribution in [0.15, 0.2) is 34.1 Å². The Bertz CT molecular complexity index is 742. The van der Waals surface area contributed by atoms with Crippen molar-refractivity contribution in [3.63, 3.8) is 0 Å². The third-order valence-electron chi connectivity index (χ3n) is 2.62. The molecule has 0 saturated heterocycles. The van der Waals surface area contributed by atoms with Crippen molar-refractivity contribution in [2.24, 2.45) is 4.99 Å². The number of pyridine rings is 1. The molecular weight excluding hydrogens is 260 g/mol. The predicted octanol–water partition coefficient (Wildman–Crippen LogP) is 2.26. The largest absolute Gasteiger partial charge is 0.322 e. The Hall–Kier alpha value is -2.26. The van der Waals surface area contributed by atoms with Gasteiger partial charge < -0.3 is 4.98 Å². The summed E-state index contributed by atoms with van der Waals surface area (Å²) < 4.78 is 0. The third-order valence-corrected chi connectivity index (χ3v) is 3.20. The topological polar surface area (TPSA) is 81.0 Å². The number of nitrogens with one attached hydrogen (secondary N) is 2. The van der Waals surface area contributed by atoms with Gasteiger partial charge >= 0.3 is 0 Å². The lowest BCUT2D eigenvalue weighted by molar-refractivity contribution is 1.27. The maximum Gasteiger partial charge on any atom is 0.248 e. The second kappa shape index (κ2) is 5.59. The minimum absolute atomic E-state index is 0.114. The number of aryl methyl sites for hydroxylation is 1. The van der Waals surface area contributed by atoms with E-state index in [4.69, 9.17) is 5.26 Å². The maximum absolute atomic E-state index is 11.4. The van der Waals surface area contributed by atoms with Crippen LogP contribution in [-0.4, -0.2) is 16.4 Å². The molecule has 6 heteroatoms. The first kappa shape index (κ1) is 13.2. The van der Waals surface area contributed by atoms with E-state index >= 15 is 0 Å². The molecule has 0 unspecified atom stereocenters. The highest BCUT2D eigenvalue weighted by molar-refractivity contribution is 8.13. The molecule has 5 nitrogen and oxygen atoms in total. The summed E-state index contributed by atoms with van der Waals surface area (Å²) in [4.78, 5) is 18.5. The van der Waals surface area contributed by atoms with Crippen molar-refractivity contribution in [2.45, 2.75) is 6.92 Å². The number of nitriles is 1. The normalized spacial score (nSPS) is 11.3.